The Hall–Kier alpha value is -1.28. The van der Waals surface area contributed by atoms with Crippen molar-refractivity contribution in [2.45, 2.75) is 19.3 Å². The third-order valence-electron chi connectivity index (χ3n) is 3.16. The van der Waals surface area contributed by atoms with Crippen LogP contribution < -0.4 is 10.6 Å². The highest BCUT2D eigenvalue weighted by molar-refractivity contribution is 5.55. The van der Waals surface area contributed by atoms with E-state index in [1.807, 2.05) is 0 Å². The second-order valence-corrected chi connectivity index (χ2v) is 4.46. The lowest BCUT2D eigenvalue weighted by Gasteiger charge is -2.25. The number of hydrogen-bond acceptors (Lipinski definition) is 2. The fourth-order valence-electron chi connectivity index (χ4n) is 2.27. The fourth-order valence-corrected chi connectivity index (χ4v) is 2.27. The highest BCUT2D eigenvalue weighted by Gasteiger charge is 2.14. The Kier molecular flexibility index (Phi) is 3.62. The highest BCUT2D eigenvalue weighted by Crippen LogP contribution is 2.26. The van der Waals surface area contributed by atoms with E-state index in [9.17, 15) is 0 Å². The van der Waals surface area contributed by atoms with Gasteiger partial charge in [0.2, 0.25) is 0 Å². The normalized spacial score (nSPS) is 15.4. The second-order valence-electron chi connectivity index (χ2n) is 4.46. The van der Waals surface area contributed by atoms with Gasteiger partial charge in [-0.2, -0.15) is 0 Å². The molecule has 0 aromatic heterocycles. The summed E-state index contributed by atoms with van der Waals surface area (Å²) < 4.78 is 0. The zero-order valence-corrected chi connectivity index (χ0v) is 9.78. The van der Waals surface area contributed by atoms with Crippen LogP contribution >= 0.6 is 0 Å². The van der Waals surface area contributed by atoms with Gasteiger partial charge in [0.25, 0.3) is 0 Å². The molecule has 2 N–H and O–H groups in total. The zero-order chi connectivity index (χ0) is 11.4. The van der Waals surface area contributed by atoms with Crippen LogP contribution in [0.1, 0.15) is 18.4 Å². The van der Waals surface area contributed by atoms with E-state index >= 15 is 0 Å². The smallest absolute Gasteiger partial charge is 0.0401 e. The Bertz CT molecular complexity index is 371. The minimum Gasteiger partial charge on any atom is -0.367 e. The monoisotopic (exact) mass is 216 g/mol. The number of nitrogens with two attached hydrogens (primary N) is 1. The van der Waals surface area contributed by atoms with E-state index in [1.165, 1.54) is 30.5 Å². The van der Waals surface area contributed by atoms with Crippen LogP contribution in [0.3, 0.4) is 0 Å². The quantitative estimate of drug-likeness (QED) is 0.786. The summed E-state index contributed by atoms with van der Waals surface area (Å²) in [5, 5.41) is 0. The van der Waals surface area contributed by atoms with Crippen LogP contribution in [0.5, 0.6) is 0 Å². The van der Waals surface area contributed by atoms with Crippen molar-refractivity contribution in [1.29, 1.82) is 0 Å². The van der Waals surface area contributed by atoms with Gasteiger partial charge in [0.05, 0.1) is 0 Å². The predicted molar refractivity (Wildman–Crippen MR) is 69.8 cm³/mol. The van der Waals surface area contributed by atoms with E-state index in [2.05, 4.69) is 35.7 Å². The first-order chi connectivity index (χ1) is 7.81. The lowest BCUT2D eigenvalue weighted by molar-refractivity contribution is 0.729. The Morgan fingerprint density at radius 2 is 2.12 bits per heavy atom. The average molecular weight is 216 g/mol. The Balaban J connectivity index is 2.22. The van der Waals surface area contributed by atoms with Crippen LogP contribution in [-0.2, 0) is 6.42 Å². The molecule has 2 heteroatoms. The van der Waals surface area contributed by atoms with Gasteiger partial charge in [-0.1, -0.05) is 24.8 Å². The number of anilines is 1. The van der Waals surface area contributed by atoms with E-state index in [1.54, 1.807) is 0 Å². The first-order valence-corrected chi connectivity index (χ1v) is 6.01. The molecule has 0 fully saturated rings. The summed E-state index contributed by atoms with van der Waals surface area (Å²) in [7, 11) is 0. The van der Waals surface area contributed by atoms with Crippen molar-refractivity contribution in [1.82, 2.24) is 0 Å². The van der Waals surface area contributed by atoms with Gasteiger partial charge in [-0.3, -0.25) is 0 Å². The number of nitrogens with zero attached hydrogens (tertiary/aromatic N) is 1. The molecule has 0 aliphatic carbocycles. The van der Waals surface area contributed by atoms with Gasteiger partial charge in [-0.05, 0) is 36.5 Å². The summed E-state index contributed by atoms with van der Waals surface area (Å²) in [5.74, 6) is 0. The average Bonchev–Trinajstić information content (AvgIpc) is 2.52. The molecule has 0 saturated heterocycles. The molecule has 1 heterocycles. The molecule has 0 saturated carbocycles. The Labute approximate surface area is 97.8 Å². The van der Waals surface area contributed by atoms with Crippen LogP contribution in [-0.4, -0.2) is 19.6 Å². The second kappa shape index (κ2) is 5.17. The van der Waals surface area contributed by atoms with Crippen molar-refractivity contribution < 1.29 is 0 Å². The molecule has 1 aliphatic rings. The van der Waals surface area contributed by atoms with Gasteiger partial charge in [0, 0.05) is 25.3 Å². The van der Waals surface area contributed by atoms with Crippen molar-refractivity contribution in [3.05, 3.63) is 42.0 Å². The number of benzene rings is 1. The van der Waals surface area contributed by atoms with E-state index in [-0.39, 0.29) is 0 Å². The van der Waals surface area contributed by atoms with Crippen molar-refractivity contribution in [2.24, 2.45) is 5.73 Å². The first kappa shape index (κ1) is 11.2. The van der Waals surface area contributed by atoms with E-state index in [0.29, 0.717) is 6.54 Å². The van der Waals surface area contributed by atoms with Gasteiger partial charge in [-0.15, -0.1) is 0 Å². The molecule has 1 aromatic carbocycles. The topological polar surface area (TPSA) is 29.3 Å². The van der Waals surface area contributed by atoms with Crippen LogP contribution in [0.4, 0.5) is 5.69 Å². The molecule has 0 unspecified atom stereocenters. The Morgan fingerprint density at radius 3 is 2.94 bits per heavy atom. The molecule has 2 rings (SSSR count). The van der Waals surface area contributed by atoms with Crippen molar-refractivity contribution in [3.8, 4) is 0 Å². The maximum Gasteiger partial charge on any atom is 0.0401 e. The molecule has 0 radical (unpaired) electrons. The van der Waals surface area contributed by atoms with Gasteiger partial charge < -0.3 is 10.6 Å². The number of fused-ring (bicyclic) bond motifs is 1. The lowest BCUT2D eigenvalue weighted by atomic mass is 10.1. The molecule has 0 spiro atoms. The summed E-state index contributed by atoms with van der Waals surface area (Å²) in [5.41, 5.74) is 9.56. The lowest BCUT2D eigenvalue weighted by Crippen LogP contribution is -2.28. The highest BCUT2D eigenvalue weighted by atomic mass is 15.1. The minimum atomic E-state index is 0.582. The third kappa shape index (κ3) is 2.45. The molecule has 1 aliphatic heterocycles. The number of para-hydroxylation sites is 1. The molecule has 1 aromatic rings. The summed E-state index contributed by atoms with van der Waals surface area (Å²) in [4.78, 5) is 2.41. The SMILES string of the molecule is C=C(CN)CN1CCCCc2ccccc21. The third-order valence-corrected chi connectivity index (χ3v) is 3.16. The molecule has 16 heavy (non-hydrogen) atoms. The maximum absolute atomic E-state index is 5.62. The largest absolute Gasteiger partial charge is 0.367 e. The fraction of sp³-hybridized carbons (Fsp3) is 0.429. The van der Waals surface area contributed by atoms with Crippen molar-refractivity contribution in [3.63, 3.8) is 0 Å². The summed E-state index contributed by atoms with van der Waals surface area (Å²) in [6.45, 7) is 6.60. The number of hydrogen-bond donors (Lipinski definition) is 1. The minimum absolute atomic E-state index is 0.582. The molecular weight excluding hydrogens is 196 g/mol. The van der Waals surface area contributed by atoms with Gasteiger partial charge >= 0.3 is 0 Å². The van der Waals surface area contributed by atoms with Crippen LogP contribution in [0.25, 0.3) is 0 Å². The Morgan fingerprint density at radius 1 is 1.31 bits per heavy atom. The maximum atomic E-state index is 5.62. The molecule has 0 bridgehead atoms. The molecule has 0 atom stereocenters. The number of aryl methyl sites for hydroxylation is 1. The van der Waals surface area contributed by atoms with E-state index in [0.717, 1.165) is 18.7 Å². The molecule has 86 valence electrons. The summed E-state index contributed by atoms with van der Waals surface area (Å²) >= 11 is 0. The van der Waals surface area contributed by atoms with Crippen LogP contribution in [0, 0.1) is 0 Å². The zero-order valence-electron chi connectivity index (χ0n) is 9.78. The molecular formula is C14H20N2. The van der Waals surface area contributed by atoms with Gasteiger partial charge in [0.1, 0.15) is 0 Å². The van der Waals surface area contributed by atoms with Crippen molar-refractivity contribution in [2.75, 3.05) is 24.5 Å². The van der Waals surface area contributed by atoms with Crippen molar-refractivity contribution >= 4 is 5.69 Å². The first-order valence-electron chi connectivity index (χ1n) is 6.01. The summed E-state index contributed by atoms with van der Waals surface area (Å²) in [6.07, 6.45) is 3.73. The molecule has 0 amide bonds. The van der Waals surface area contributed by atoms with Crippen LogP contribution in [0.15, 0.2) is 36.4 Å². The van der Waals surface area contributed by atoms with Gasteiger partial charge in [0.15, 0.2) is 0 Å². The predicted octanol–water partition coefficient (Wildman–Crippen LogP) is 2.34. The standard InChI is InChI=1S/C14H20N2/c1-12(10-15)11-16-9-5-4-7-13-6-2-3-8-14(13)16/h2-3,6,8H,1,4-5,7,9-11,15H2. The van der Waals surface area contributed by atoms with E-state index in [4.69, 9.17) is 5.73 Å². The van der Waals surface area contributed by atoms with Crippen LogP contribution in [0.2, 0.25) is 0 Å². The molecule has 2 nitrogen and oxygen atoms in total. The van der Waals surface area contributed by atoms with E-state index < -0.39 is 0 Å². The number of rotatable bonds is 3. The summed E-state index contributed by atoms with van der Waals surface area (Å²) in [6, 6.07) is 8.69. The van der Waals surface area contributed by atoms with Gasteiger partial charge in [-0.25, -0.2) is 0 Å².